The van der Waals surface area contributed by atoms with Gasteiger partial charge in [0.1, 0.15) is 10.8 Å². The number of hydrogen-bond donors (Lipinski definition) is 1. The van der Waals surface area contributed by atoms with Crippen LogP contribution in [-0.2, 0) is 19.5 Å². The van der Waals surface area contributed by atoms with Crippen LogP contribution in [-0.4, -0.2) is 21.4 Å². The van der Waals surface area contributed by atoms with Crippen molar-refractivity contribution in [3.63, 3.8) is 0 Å². The molecule has 0 radical (unpaired) electrons. The number of fused-ring (bicyclic) bond motifs is 3. The first-order chi connectivity index (χ1) is 11.8. The highest BCUT2D eigenvalue weighted by atomic mass is 32.2. The van der Waals surface area contributed by atoms with E-state index < -0.39 is 0 Å². The Labute approximate surface area is 151 Å². The van der Waals surface area contributed by atoms with Crippen LogP contribution in [0.15, 0.2) is 57.3 Å². The topological polar surface area (TPSA) is 54.2 Å². The molecule has 3 aromatic rings. The number of nitrogens with one attached hydrogen (secondary N) is 1. The SMILES string of the molecule is C.c1cnc2c(n1)Nc1cc(CN3CCc4ccoc4C3)ccc1S2. The van der Waals surface area contributed by atoms with Gasteiger partial charge in [0.2, 0.25) is 0 Å². The minimum absolute atomic E-state index is 0. The number of nitrogens with zero attached hydrogens (tertiary/aromatic N) is 3. The van der Waals surface area contributed by atoms with Gasteiger partial charge < -0.3 is 9.73 Å². The quantitative estimate of drug-likeness (QED) is 0.574. The summed E-state index contributed by atoms with van der Waals surface area (Å²) in [7, 11) is 0. The van der Waals surface area contributed by atoms with Crippen LogP contribution in [0.25, 0.3) is 0 Å². The van der Waals surface area contributed by atoms with Gasteiger partial charge in [-0.2, -0.15) is 0 Å². The van der Waals surface area contributed by atoms with E-state index in [2.05, 4.69) is 44.5 Å². The predicted molar refractivity (Wildman–Crippen MR) is 99.1 cm³/mol. The van der Waals surface area contributed by atoms with E-state index in [-0.39, 0.29) is 7.43 Å². The van der Waals surface area contributed by atoms with E-state index >= 15 is 0 Å². The fraction of sp³-hybridized carbons (Fsp3) is 0.263. The molecule has 0 saturated heterocycles. The molecule has 5 rings (SSSR count). The lowest BCUT2D eigenvalue weighted by Gasteiger charge is -2.26. The third-order valence-corrected chi connectivity index (χ3v) is 5.54. The van der Waals surface area contributed by atoms with Gasteiger partial charge in [0, 0.05) is 30.4 Å². The second kappa shape index (κ2) is 6.54. The minimum Gasteiger partial charge on any atom is -0.468 e. The van der Waals surface area contributed by atoms with Crippen molar-refractivity contribution in [2.75, 3.05) is 11.9 Å². The summed E-state index contributed by atoms with van der Waals surface area (Å²) in [5.74, 6) is 1.95. The molecule has 6 heteroatoms. The second-order valence-corrected chi connectivity index (χ2v) is 7.13. The average molecular weight is 352 g/mol. The summed E-state index contributed by atoms with van der Waals surface area (Å²) in [5.41, 5.74) is 3.76. The van der Waals surface area contributed by atoms with Gasteiger partial charge in [-0.25, -0.2) is 9.97 Å². The molecule has 5 nitrogen and oxygen atoms in total. The third-order valence-electron chi connectivity index (χ3n) is 4.48. The molecule has 2 aliphatic heterocycles. The molecular weight excluding hydrogens is 332 g/mol. The maximum absolute atomic E-state index is 5.58. The molecule has 2 aromatic heterocycles. The zero-order valence-electron chi connectivity index (χ0n) is 13.0. The first-order valence-electron chi connectivity index (χ1n) is 8.01. The standard InChI is InChI=1S/C18H16N4OS.CH4/c1-2-16-14(21-17-18(24-16)20-6-5-19-17)9-12(1)10-22-7-3-13-4-8-23-15(13)11-22;/h1-2,4-6,8-9H,3,7,10-11H2,(H,19,21);1H4. The van der Waals surface area contributed by atoms with Gasteiger partial charge in [0.25, 0.3) is 0 Å². The van der Waals surface area contributed by atoms with Crippen LogP contribution >= 0.6 is 11.8 Å². The lowest BCUT2D eigenvalue weighted by Crippen LogP contribution is -2.29. The highest BCUT2D eigenvalue weighted by Gasteiger charge is 2.21. The monoisotopic (exact) mass is 352 g/mol. The number of hydrogen-bond acceptors (Lipinski definition) is 6. The first kappa shape index (κ1) is 16.2. The number of furan rings is 1. The fourth-order valence-electron chi connectivity index (χ4n) is 3.26. The van der Waals surface area contributed by atoms with Crippen LogP contribution in [0.1, 0.15) is 24.3 Å². The maximum atomic E-state index is 5.58. The summed E-state index contributed by atoms with van der Waals surface area (Å²) < 4.78 is 5.58. The van der Waals surface area contributed by atoms with Gasteiger partial charge in [0.15, 0.2) is 5.82 Å². The molecule has 0 fully saturated rings. The molecule has 4 heterocycles. The summed E-state index contributed by atoms with van der Waals surface area (Å²) in [4.78, 5) is 12.4. The van der Waals surface area contributed by atoms with E-state index in [4.69, 9.17) is 4.42 Å². The minimum atomic E-state index is 0. The zero-order valence-corrected chi connectivity index (χ0v) is 13.8. The summed E-state index contributed by atoms with van der Waals surface area (Å²) in [6.45, 7) is 2.88. The lowest BCUT2D eigenvalue weighted by molar-refractivity contribution is 0.221. The van der Waals surface area contributed by atoms with E-state index in [1.807, 2.05) is 0 Å². The van der Waals surface area contributed by atoms with E-state index in [1.165, 1.54) is 16.0 Å². The molecule has 2 aliphatic rings. The molecule has 0 unspecified atom stereocenters. The molecule has 1 N–H and O–H groups in total. The van der Waals surface area contributed by atoms with Crippen LogP contribution in [0.4, 0.5) is 11.5 Å². The highest BCUT2D eigenvalue weighted by Crippen LogP contribution is 2.42. The lowest BCUT2D eigenvalue weighted by atomic mass is 10.1. The van der Waals surface area contributed by atoms with Gasteiger partial charge in [-0.3, -0.25) is 4.90 Å². The molecule has 128 valence electrons. The summed E-state index contributed by atoms with van der Waals surface area (Å²) in [6, 6.07) is 8.68. The van der Waals surface area contributed by atoms with Crippen molar-refractivity contribution in [1.29, 1.82) is 0 Å². The largest absolute Gasteiger partial charge is 0.468 e. The van der Waals surface area contributed by atoms with Gasteiger partial charge >= 0.3 is 0 Å². The first-order valence-corrected chi connectivity index (χ1v) is 8.83. The van der Waals surface area contributed by atoms with Crippen molar-refractivity contribution in [2.24, 2.45) is 0 Å². The molecule has 0 bridgehead atoms. The van der Waals surface area contributed by atoms with Gasteiger partial charge in [-0.15, -0.1) is 0 Å². The van der Waals surface area contributed by atoms with Crippen LogP contribution in [0.5, 0.6) is 0 Å². The van der Waals surface area contributed by atoms with E-state index in [1.54, 1.807) is 30.4 Å². The zero-order chi connectivity index (χ0) is 15.9. The Balaban J connectivity index is 0.00000157. The van der Waals surface area contributed by atoms with Gasteiger partial charge in [-0.05, 0) is 35.7 Å². The highest BCUT2D eigenvalue weighted by molar-refractivity contribution is 7.99. The van der Waals surface area contributed by atoms with Gasteiger partial charge in [-0.1, -0.05) is 25.3 Å². The Kier molecular flexibility index (Phi) is 4.23. The van der Waals surface area contributed by atoms with Crippen LogP contribution in [0.2, 0.25) is 0 Å². The van der Waals surface area contributed by atoms with Crippen molar-refractivity contribution in [3.8, 4) is 0 Å². The molecule has 25 heavy (non-hydrogen) atoms. The third kappa shape index (κ3) is 3.03. The summed E-state index contributed by atoms with van der Waals surface area (Å²) in [6.07, 6.45) is 6.31. The Morgan fingerprint density at radius 1 is 1.20 bits per heavy atom. The van der Waals surface area contributed by atoms with E-state index in [0.717, 1.165) is 48.3 Å². The van der Waals surface area contributed by atoms with E-state index in [0.29, 0.717) is 0 Å². The summed E-state index contributed by atoms with van der Waals surface area (Å²) in [5, 5.41) is 4.33. The molecule has 0 atom stereocenters. The van der Waals surface area contributed by atoms with Crippen molar-refractivity contribution in [2.45, 2.75) is 36.9 Å². The Hall–Kier alpha value is -2.31. The number of anilines is 2. The van der Waals surface area contributed by atoms with Crippen molar-refractivity contribution in [3.05, 3.63) is 59.8 Å². The number of aromatic nitrogens is 2. The fourth-order valence-corrected chi connectivity index (χ4v) is 4.14. The summed E-state index contributed by atoms with van der Waals surface area (Å²) >= 11 is 1.66. The van der Waals surface area contributed by atoms with E-state index in [9.17, 15) is 0 Å². The molecule has 0 spiro atoms. The molecule has 0 saturated carbocycles. The predicted octanol–water partition coefficient (Wildman–Crippen LogP) is 4.47. The Morgan fingerprint density at radius 2 is 2.12 bits per heavy atom. The average Bonchev–Trinajstić information content (AvgIpc) is 3.08. The Morgan fingerprint density at radius 3 is 3.08 bits per heavy atom. The van der Waals surface area contributed by atoms with Crippen LogP contribution in [0, 0.1) is 0 Å². The molecule has 0 amide bonds. The van der Waals surface area contributed by atoms with Crippen LogP contribution in [0.3, 0.4) is 0 Å². The number of rotatable bonds is 2. The van der Waals surface area contributed by atoms with Crippen LogP contribution < -0.4 is 5.32 Å². The molecule has 0 aliphatic carbocycles. The van der Waals surface area contributed by atoms with Gasteiger partial charge in [0.05, 0.1) is 18.5 Å². The smallest absolute Gasteiger partial charge is 0.163 e. The van der Waals surface area contributed by atoms with Crippen molar-refractivity contribution in [1.82, 2.24) is 14.9 Å². The normalized spacial score (nSPS) is 15.4. The van der Waals surface area contributed by atoms with Crippen molar-refractivity contribution >= 4 is 23.3 Å². The molecule has 1 aromatic carbocycles. The molecular formula is C19H20N4OS. The van der Waals surface area contributed by atoms with Crippen molar-refractivity contribution < 1.29 is 4.42 Å². The second-order valence-electron chi connectivity index (χ2n) is 6.10. The number of benzene rings is 1. The Bertz CT molecular complexity index is 908. The maximum Gasteiger partial charge on any atom is 0.163 e.